The number of hydrogen-bond donors (Lipinski definition) is 1. The zero-order valence-corrected chi connectivity index (χ0v) is 9.84. The molecule has 0 bridgehead atoms. The molecule has 0 saturated carbocycles. The third-order valence-corrected chi connectivity index (χ3v) is 2.86. The molecule has 5 nitrogen and oxygen atoms in total. The Labute approximate surface area is 101 Å². The fraction of sp³-hybridized carbons (Fsp3) is 0.600. The molecule has 1 aromatic rings. The zero-order chi connectivity index (χ0) is 13.5. The van der Waals surface area contributed by atoms with Crippen molar-refractivity contribution in [2.45, 2.75) is 25.6 Å². The van der Waals surface area contributed by atoms with E-state index >= 15 is 0 Å². The summed E-state index contributed by atoms with van der Waals surface area (Å²) in [4.78, 5) is 11.5. The third-order valence-electron chi connectivity index (χ3n) is 2.86. The highest BCUT2D eigenvalue weighted by Crippen LogP contribution is 2.39. The van der Waals surface area contributed by atoms with Gasteiger partial charge in [-0.2, -0.15) is 18.3 Å². The number of halogens is 3. The molecule has 2 rings (SSSR count). The van der Waals surface area contributed by atoms with Crippen LogP contribution in [0.25, 0.3) is 0 Å². The minimum absolute atomic E-state index is 0.0615. The summed E-state index contributed by atoms with van der Waals surface area (Å²) in [6, 6.07) is -1.70. The van der Waals surface area contributed by atoms with Gasteiger partial charge < -0.3 is 10.1 Å². The summed E-state index contributed by atoms with van der Waals surface area (Å²) in [7, 11) is 1.18. The van der Waals surface area contributed by atoms with E-state index in [-0.39, 0.29) is 30.0 Å². The van der Waals surface area contributed by atoms with E-state index in [1.807, 2.05) is 0 Å². The lowest BCUT2D eigenvalue weighted by atomic mass is 10.1. The highest BCUT2D eigenvalue weighted by atomic mass is 19.4. The number of aromatic nitrogens is 2. The number of rotatable bonds is 1. The van der Waals surface area contributed by atoms with Crippen LogP contribution in [0.3, 0.4) is 0 Å². The second kappa shape index (κ2) is 4.18. The third kappa shape index (κ3) is 1.91. The molecule has 1 aromatic heterocycles. The number of hydrogen-bond acceptors (Lipinski definition) is 4. The van der Waals surface area contributed by atoms with Gasteiger partial charge in [0, 0.05) is 6.54 Å². The van der Waals surface area contributed by atoms with Gasteiger partial charge >= 0.3 is 12.1 Å². The quantitative estimate of drug-likeness (QED) is 0.786. The van der Waals surface area contributed by atoms with Gasteiger partial charge in [-0.05, 0) is 13.3 Å². The van der Waals surface area contributed by atoms with E-state index in [2.05, 4.69) is 15.2 Å². The van der Waals surface area contributed by atoms with Crippen molar-refractivity contribution in [1.82, 2.24) is 9.78 Å². The summed E-state index contributed by atoms with van der Waals surface area (Å²) in [5, 5.41) is 6.57. The molecule has 1 atom stereocenters. The number of nitrogens with zero attached hydrogens (tertiary/aromatic N) is 2. The molecular formula is C10H12F3N3O2. The van der Waals surface area contributed by atoms with Gasteiger partial charge in [-0.15, -0.1) is 0 Å². The number of aryl methyl sites for hydroxylation is 1. The minimum atomic E-state index is -4.39. The molecule has 0 radical (unpaired) electrons. The van der Waals surface area contributed by atoms with E-state index in [9.17, 15) is 18.0 Å². The number of carbonyl (C=O) groups excluding carboxylic acids is 1. The lowest BCUT2D eigenvalue weighted by Crippen LogP contribution is -2.34. The van der Waals surface area contributed by atoms with Gasteiger partial charge in [0.2, 0.25) is 0 Å². The number of ether oxygens (including phenoxy) is 1. The van der Waals surface area contributed by atoms with Crippen LogP contribution in [0.1, 0.15) is 28.5 Å². The Morgan fingerprint density at radius 3 is 2.78 bits per heavy atom. The molecule has 0 aromatic carbocycles. The average molecular weight is 263 g/mol. The van der Waals surface area contributed by atoms with Crippen molar-refractivity contribution in [3.05, 3.63) is 11.3 Å². The Morgan fingerprint density at radius 1 is 1.56 bits per heavy atom. The molecule has 0 aliphatic carbocycles. The molecule has 18 heavy (non-hydrogen) atoms. The van der Waals surface area contributed by atoms with Crippen molar-refractivity contribution < 1.29 is 22.7 Å². The van der Waals surface area contributed by atoms with Gasteiger partial charge in [-0.3, -0.25) is 0 Å². The van der Waals surface area contributed by atoms with Crippen molar-refractivity contribution in [2.24, 2.45) is 0 Å². The topological polar surface area (TPSA) is 56.1 Å². The van der Waals surface area contributed by atoms with E-state index in [0.717, 1.165) is 4.68 Å². The monoisotopic (exact) mass is 263 g/mol. The lowest BCUT2D eigenvalue weighted by Gasteiger charge is -2.27. The number of alkyl halides is 3. The number of esters is 1. The van der Waals surface area contributed by atoms with Crippen LogP contribution in [-0.2, 0) is 4.74 Å². The standard InChI is InChI=1S/C10H12F3N3O2/c1-5-7(9(17)18-2)8-14-4-3-6(10(11,12)13)16(8)15-5/h6,14H,3-4H2,1-2H3. The predicted octanol–water partition coefficient (Wildman–Crippen LogP) is 1.90. The first-order chi connectivity index (χ1) is 8.36. The number of anilines is 1. The summed E-state index contributed by atoms with van der Waals surface area (Å²) in [5.74, 6) is -0.614. The second-order valence-electron chi connectivity index (χ2n) is 4.02. The summed E-state index contributed by atoms with van der Waals surface area (Å²) < 4.78 is 43.9. The smallest absolute Gasteiger partial charge is 0.410 e. The Morgan fingerprint density at radius 2 is 2.22 bits per heavy atom. The first-order valence-corrected chi connectivity index (χ1v) is 5.34. The van der Waals surface area contributed by atoms with Crippen molar-refractivity contribution in [1.29, 1.82) is 0 Å². The van der Waals surface area contributed by atoms with E-state index in [1.165, 1.54) is 14.0 Å². The molecule has 0 fully saturated rings. The molecule has 1 N–H and O–H groups in total. The molecule has 2 heterocycles. The highest BCUT2D eigenvalue weighted by Gasteiger charge is 2.45. The highest BCUT2D eigenvalue weighted by molar-refractivity contribution is 5.96. The number of nitrogens with one attached hydrogen (secondary N) is 1. The van der Waals surface area contributed by atoms with E-state index in [0.29, 0.717) is 0 Å². The predicted molar refractivity (Wildman–Crippen MR) is 56.5 cm³/mol. The molecule has 0 saturated heterocycles. The fourth-order valence-electron chi connectivity index (χ4n) is 2.04. The van der Waals surface area contributed by atoms with Gasteiger partial charge in [0.15, 0.2) is 6.04 Å². The maximum Gasteiger partial charge on any atom is 0.410 e. The normalized spacial score (nSPS) is 19.1. The first kappa shape index (κ1) is 12.7. The first-order valence-electron chi connectivity index (χ1n) is 5.34. The van der Waals surface area contributed by atoms with Crippen LogP contribution in [0.4, 0.5) is 19.0 Å². The van der Waals surface area contributed by atoms with Crippen LogP contribution in [0.15, 0.2) is 0 Å². The van der Waals surface area contributed by atoms with Crippen molar-refractivity contribution in [2.75, 3.05) is 19.0 Å². The number of carbonyl (C=O) groups is 1. The largest absolute Gasteiger partial charge is 0.465 e. The van der Waals surface area contributed by atoms with E-state index in [1.54, 1.807) is 0 Å². The Balaban J connectivity index is 2.52. The molecule has 0 spiro atoms. The van der Waals surface area contributed by atoms with E-state index < -0.39 is 18.2 Å². The molecule has 1 unspecified atom stereocenters. The fourth-order valence-corrected chi connectivity index (χ4v) is 2.04. The number of fused-ring (bicyclic) bond motifs is 1. The van der Waals surface area contributed by atoms with Gasteiger partial charge in [-0.1, -0.05) is 0 Å². The van der Waals surface area contributed by atoms with Crippen LogP contribution in [0.5, 0.6) is 0 Å². The molecule has 100 valence electrons. The van der Waals surface area contributed by atoms with Gasteiger partial charge in [0.25, 0.3) is 0 Å². The summed E-state index contributed by atoms with van der Waals surface area (Å²) in [6.07, 6.45) is -4.50. The maximum absolute atomic E-state index is 12.8. The van der Waals surface area contributed by atoms with Crippen LogP contribution >= 0.6 is 0 Å². The van der Waals surface area contributed by atoms with Crippen LogP contribution in [-0.4, -0.2) is 35.6 Å². The van der Waals surface area contributed by atoms with Gasteiger partial charge in [-0.25, -0.2) is 9.48 Å². The molecule has 8 heteroatoms. The molecule has 0 amide bonds. The number of methoxy groups -OCH3 is 1. The van der Waals surface area contributed by atoms with Crippen molar-refractivity contribution in [3.8, 4) is 0 Å². The van der Waals surface area contributed by atoms with E-state index in [4.69, 9.17) is 0 Å². The zero-order valence-electron chi connectivity index (χ0n) is 9.84. The SMILES string of the molecule is COC(=O)c1c(C)nn2c1NCCC2C(F)(F)F. The van der Waals surface area contributed by atoms with Crippen molar-refractivity contribution in [3.63, 3.8) is 0 Å². The maximum atomic E-state index is 12.8. The molecular weight excluding hydrogens is 251 g/mol. The van der Waals surface area contributed by atoms with Crippen molar-refractivity contribution >= 4 is 11.8 Å². The Hall–Kier alpha value is -1.73. The lowest BCUT2D eigenvalue weighted by molar-refractivity contribution is -0.171. The Bertz CT molecular complexity index is 481. The summed E-state index contributed by atoms with van der Waals surface area (Å²) in [6.45, 7) is 1.62. The van der Waals surface area contributed by atoms with Crippen LogP contribution < -0.4 is 5.32 Å². The average Bonchev–Trinajstić information content (AvgIpc) is 2.62. The summed E-state index contributed by atoms with van der Waals surface area (Å²) in [5.41, 5.74) is 0.284. The van der Waals surface area contributed by atoms with Crippen LogP contribution in [0.2, 0.25) is 0 Å². The van der Waals surface area contributed by atoms with Crippen LogP contribution in [0, 0.1) is 6.92 Å². The Kier molecular flexibility index (Phi) is 2.95. The minimum Gasteiger partial charge on any atom is -0.465 e. The van der Waals surface area contributed by atoms with Gasteiger partial charge in [0.05, 0.1) is 12.8 Å². The molecule has 1 aliphatic heterocycles. The second-order valence-corrected chi connectivity index (χ2v) is 4.02. The molecule has 1 aliphatic rings. The summed E-state index contributed by atoms with van der Waals surface area (Å²) >= 11 is 0. The van der Waals surface area contributed by atoms with Gasteiger partial charge in [0.1, 0.15) is 11.4 Å².